The molecule has 0 spiro atoms. The minimum absolute atomic E-state index is 0.0470. The molecule has 1 aliphatic rings. The van der Waals surface area contributed by atoms with E-state index in [2.05, 4.69) is 26.6 Å². The van der Waals surface area contributed by atoms with Crippen LogP contribution in [0.3, 0.4) is 0 Å². The van der Waals surface area contributed by atoms with Crippen molar-refractivity contribution in [2.75, 3.05) is 19.6 Å². The van der Waals surface area contributed by atoms with E-state index in [1.54, 1.807) is 18.2 Å². The Balaban J connectivity index is 1.92. The predicted octanol–water partition coefficient (Wildman–Crippen LogP) is 2.44. The zero-order chi connectivity index (χ0) is 12.3. The van der Waals surface area contributed by atoms with Gasteiger partial charge in [-0.15, -0.1) is 0 Å². The summed E-state index contributed by atoms with van der Waals surface area (Å²) in [5.74, 6) is 0.504. The normalized spacial score (nSPS) is 19.3. The zero-order valence-corrected chi connectivity index (χ0v) is 11.6. The van der Waals surface area contributed by atoms with E-state index < -0.39 is 0 Å². The third-order valence-corrected chi connectivity index (χ3v) is 4.11. The van der Waals surface area contributed by atoms with Crippen molar-refractivity contribution in [2.24, 2.45) is 5.92 Å². The van der Waals surface area contributed by atoms with Crippen molar-refractivity contribution in [1.82, 2.24) is 10.6 Å². The quantitative estimate of drug-likeness (QED) is 0.899. The monoisotopic (exact) mass is 316 g/mol. The van der Waals surface area contributed by atoms with E-state index in [1.165, 1.54) is 0 Å². The Bertz CT molecular complexity index is 419. The van der Waals surface area contributed by atoms with Crippen LogP contribution in [0.5, 0.6) is 0 Å². The summed E-state index contributed by atoms with van der Waals surface area (Å²) in [5.41, 5.74) is 0.632. The maximum absolute atomic E-state index is 11.9. The van der Waals surface area contributed by atoms with Crippen molar-refractivity contribution < 1.29 is 4.79 Å². The number of nitrogens with one attached hydrogen (secondary N) is 2. The molecule has 1 aliphatic heterocycles. The summed E-state index contributed by atoms with van der Waals surface area (Å²) in [6.07, 6.45) is 1.13. The van der Waals surface area contributed by atoms with Gasteiger partial charge in [-0.05, 0) is 59.6 Å². The molecule has 2 rings (SSSR count). The van der Waals surface area contributed by atoms with E-state index in [9.17, 15) is 4.79 Å². The Morgan fingerprint density at radius 3 is 3.06 bits per heavy atom. The summed E-state index contributed by atoms with van der Waals surface area (Å²) in [6.45, 7) is 2.77. The first kappa shape index (κ1) is 12.9. The van der Waals surface area contributed by atoms with Gasteiger partial charge in [-0.2, -0.15) is 0 Å². The first-order valence-electron chi connectivity index (χ1n) is 5.61. The lowest BCUT2D eigenvalue weighted by molar-refractivity contribution is 0.0948. The maximum atomic E-state index is 11.9. The second kappa shape index (κ2) is 5.85. The second-order valence-electron chi connectivity index (χ2n) is 4.20. The molecular weight excluding hydrogens is 304 g/mol. The molecule has 0 aliphatic carbocycles. The number of halogens is 2. The number of carbonyl (C=O) groups excluding carboxylic acids is 1. The van der Waals surface area contributed by atoms with E-state index in [4.69, 9.17) is 11.6 Å². The zero-order valence-electron chi connectivity index (χ0n) is 9.30. The van der Waals surface area contributed by atoms with Crippen LogP contribution < -0.4 is 10.6 Å². The summed E-state index contributed by atoms with van der Waals surface area (Å²) in [4.78, 5) is 11.9. The van der Waals surface area contributed by atoms with Crippen LogP contribution in [0.4, 0.5) is 0 Å². The highest BCUT2D eigenvalue weighted by Gasteiger charge is 2.15. The number of amides is 1. The van der Waals surface area contributed by atoms with Crippen LogP contribution in [0.15, 0.2) is 22.7 Å². The van der Waals surface area contributed by atoms with Crippen LogP contribution in [-0.2, 0) is 0 Å². The van der Waals surface area contributed by atoms with Gasteiger partial charge in [0.15, 0.2) is 0 Å². The molecule has 17 heavy (non-hydrogen) atoms. The maximum Gasteiger partial charge on any atom is 0.251 e. The molecule has 1 aromatic rings. The van der Waals surface area contributed by atoms with Gasteiger partial charge in [0.05, 0.1) is 5.02 Å². The fourth-order valence-corrected chi connectivity index (χ4v) is 2.36. The number of hydrogen-bond donors (Lipinski definition) is 2. The van der Waals surface area contributed by atoms with Gasteiger partial charge in [-0.1, -0.05) is 11.6 Å². The predicted molar refractivity (Wildman–Crippen MR) is 72.5 cm³/mol. The fourth-order valence-electron chi connectivity index (χ4n) is 1.87. The molecule has 2 N–H and O–H groups in total. The number of hydrogen-bond acceptors (Lipinski definition) is 2. The molecule has 1 atom stereocenters. The van der Waals surface area contributed by atoms with E-state index in [1.807, 2.05) is 0 Å². The third kappa shape index (κ3) is 3.44. The molecule has 0 radical (unpaired) electrons. The molecule has 1 aromatic carbocycles. The minimum atomic E-state index is -0.0470. The molecule has 0 aromatic heterocycles. The van der Waals surface area contributed by atoms with E-state index in [-0.39, 0.29) is 5.91 Å². The van der Waals surface area contributed by atoms with Crippen molar-refractivity contribution >= 4 is 33.4 Å². The molecular formula is C12H14BrClN2O. The van der Waals surface area contributed by atoms with Crippen LogP contribution in [0, 0.1) is 5.92 Å². The van der Waals surface area contributed by atoms with Crippen molar-refractivity contribution in [3.05, 3.63) is 33.3 Å². The summed E-state index contributed by atoms with van der Waals surface area (Å²) in [6, 6.07) is 5.19. The molecule has 0 saturated carbocycles. The van der Waals surface area contributed by atoms with Crippen molar-refractivity contribution in [3.63, 3.8) is 0 Å². The molecule has 1 unspecified atom stereocenters. The smallest absolute Gasteiger partial charge is 0.251 e. The summed E-state index contributed by atoms with van der Waals surface area (Å²) >= 11 is 9.19. The SMILES string of the molecule is O=C(NCC1CCNC1)c1ccc(Cl)c(Br)c1. The molecule has 1 saturated heterocycles. The van der Waals surface area contributed by atoms with Crippen LogP contribution in [0.25, 0.3) is 0 Å². The second-order valence-corrected chi connectivity index (χ2v) is 5.46. The van der Waals surface area contributed by atoms with Gasteiger partial charge in [0.1, 0.15) is 0 Å². The lowest BCUT2D eigenvalue weighted by Crippen LogP contribution is -2.30. The lowest BCUT2D eigenvalue weighted by atomic mass is 10.1. The van der Waals surface area contributed by atoms with Crippen molar-refractivity contribution in [2.45, 2.75) is 6.42 Å². The van der Waals surface area contributed by atoms with Gasteiger partial charge in [-0.3, -0.25) is 4.79 Å². The Morgan fingerprint density at radius 1 is 1.59 bits per heavy atom. The minimum Gasteiger partial charge on any atom is -0.352 e. The number of rotatable bonds is 3. The standard InChI is InChI=1S/C12H14BrClN2O/c13-10-5-9(1-2-11(10)14)12(17)16-7-8-3-4-15-6-8/h1-2,5,8,15H,3-4,6-7H2,(H,16,17). The largest absolute Gasteiger partial charge is 0.352 e. The molecule has 3 nitrogen and oxygen atoms in total. The Hall–Kier alpha value is -0.580. The van der Waals surface area contributed by atoms with Crippen LogP contribution in [-0.4, -0.2) is 25.5 Å². The summed E-state index contributed by atoms with van der Waals surface area (Å²) < 4.78 is 0.745. The highest BCUT2D eigenvalue weighted by molar-refractivity contribution is 9.10. The summed E-state index contributed by atoms with van der Waals surface area (Å²) in [7, 11) is 0. The van der Waals surface area contributed by atoms with E-state index >= 15 is 0 Å². The molecule has 1 heterocycles. The number of benzene rings is 1. The lowest BCUT2D eigenvalue weighted by Gasteiger charge is -2.10. The summed E-state index contributed by atoms with van der Waals surface area (Å²) in [5, 5.41) is 6.83. The molecule has 1 amide bonds. The van der Waals surface area contributed by atoms with E-state index in [0.717, 1.165) is 30.5 Å². The third-order valence-electron chi connectivity index (χ3n) is 2.90. The molecule has 92 valence electrons. The first-order chi connectivity index (χ1) is 8.16. The van der Waals surface area contributed by atoms with Crippen LogP contribution in [0.1, 0.15) is 16.8 Å². The molecule has 0 bridgehead atoms. The Morgan fingerprint density at radius 2 is 2.41 bits per heavy atom. The number of carbonyl (C=O) groups is 1. The van der Waals surface area contributed by atoms with Gasteiger partial charge in [0.25, 0.3) is 5.91 Å². The van der Waals surface area contributed by atoms with Gasteiger partial charge >= 0.3 is 0 Å². The van der Waals surface area contributed by atoms with Gasteiger partial charge in [0.2, 0.25) is 0 Å². The van der Waals surface area contributed by atoms with Gasteiger partial charge in [0, 0.05) is 16.6 Å². The van der Waals surface area contributed by atoms with Crippen LogP contribution in [0.2, 0.25) is 5.02 Å². The van der Waals surface area contributed by atoms with Crippen molar-refractivity contribution in [1.29, 1.82) is 0 Å². The first-order valence-corrected chi connectivity index (χ1v) is 6.78. The Labute approximate surface area is 114 Å². The van der Waals surface area contributed by atoms with Gasteiger partial charge in [-0.25, -0.2) is 0 Å². The fraction of sp³-hybridized carbons (Fsp3) is 0.417. The average Bonchev–Trinajstić information content (AvgIpc) is 2.82. The highest BCUT2D eigenvalue weighted by atomic mass is 79.9. The molecule has 1 fully saturated rings. The van der Waals surface area contributed by atoms with Crippen LogP contribution >= 0.6 is 27.5 Å². The topological polar surface area (TPSA) is 41.1 Å². The highest BCUT2D eigenvalue weighted by Crippen LogP contribution is 2.23. The average molecular weight is 318 g/mol. The van der Waals surface area contributed by atoms with Gasteiger partial charge < -0.3 is 10.6 Å². The van der Waals surface area contributed by atoms with Crippen molar-refractivity contribution in [3.8, 4) is 0 Å². The molecule has 5 heteroatoms. The Kier molecular flexibility index (Phi) is 4.42. The van der Waals surface area contributed by atoms with E-state index in [0.29, 0.717) is 16.5 Å².